The Kier molecular flexibility index (Phi) is 6.92. The maximum Gasteiger partial charge on any atom is 0.326 e. The van der Waals surface area contributed by atoms with Crippen LogP contribution in [0.25, 0.3) is 0 Å². The molecule has 0 aromatic heterocycles. The molecule has 1 aliphatic heterocycles. The molecular weight excluding hydrogens is 392 g/mol. The Morgan fingerprint density at radius 2 is 1.93 bits per heavy atom. The highest BCUT2D eigenvalue weighted by molar-refractivity contribution is 6.24. The van der Waals surface area contributed by atoms with Crippen LogP contribution in [0.5, 0.6) is 0 Å². The summed E-state index contributed by atoms with van der Waals surface area (Å²) < 4.78 is 9.34. The predicted octanol–water partition coefficient (Wildman–Crippen LogP) is -0.794. The Labute approximate surface area is 163 Å². The molecule has 2 rings (SSSR count). The third-order valence-corrected chi connectivity index (χ3v) is 3.67. The number of carbonyl (C=O) groups excluding carboxylic acids is 5. The van der Waals surface area contributed by atoms with Crippen LogP contribution >= 0.6 is 0 Å². The van der Waals surface area contributed by atoms with E-state index < -0.39 is 59.0 Å². The van der Waals surface area contributed by atoms with Crippen LogP contribution in [0.1, 0.15) is 20.7 Å². The van der Waals surface area contributed by atoms with Gasteiger partial charge in [-0.2, -0.15) is 0 Å². The molecule has 29 heavy (non-hydrogen) atoms. The fourth-order valence-electron chi connectivity index (χ4n) is 2.41. The predicted molar refractivity (Wildman–Crippen MR) is 92.8 cm³/mol. The lowest BCUT2D eigenvalue weighted by Crippen LogP contribution is -2.43. The molecule has 1 aliphatic rings. The van der Waals surface area contributed by atoms with Crippen LogP contribution in [-0.2, 0) is 19.1 Å². The maximum atomic E-state index is 12.3. The topological polar surface area (TPSA) is 174 Å². The number of fused-ring (bicyclic) bond motifs is 1. The second-order valence-corrected chi connectivity index (χ2v) is 5.61. The molecule has 0 saturated heterocycles. The van der Waals surface area contributed by atoms with Crippen LogP contribution in [0.4, 0.5) is 10.5 Å². The molecule has 13 heteroatoms. The van der Waals surface area contributed by atoms with Crippen molar-refractivity contribution < 1.29 is 38.4 Å². The van der Waals surface area contributed by atoms with Gasteiger partial charge in [0.2, 0.25) is 0 Å². The summed E-state index contributed by atoms with van der Waals surface area (Å²) in [6.45, 7) is -1.30. The van der Waals surface area contributed by atoms with Crippen LogP contribution in [-0.4, -0.2) is 73.0 Å². The summed E-state index contributed by atoms with van der Waals surface area (Å²) in [7, 11) is 1.43. The number of methoxy groups -OCH3 is 1. The summed E-state index contributed by atoms with van der Waals surface area (Å²) in [4.78, 5) is 70.1. The van der Waals surface area contributed by atoms with E-state index in [0.717, 1.165) is 6.07 Å². The van der Waals surface area contributed by atoms with Crippen molar-refractivity contribution >= 4 is 35.4 Å². The molecule has 2 N–H and O–H groups in total. The Morgan fingerprint density at radius 3 is 2.59 bits per heavy atom. The van der Waals surface area contributed by atoms with Gasteiger partial charge in [-0.15, -0.1) is 0 Å². The van der Waals surface area contributed by atoms with Crippen molar-refractivity contribution in [3.63, 3.8) is 0 Å². The maximum absolute atomic E-state index is 12.3. The van der Waals surface area contributed by atoms with E-state index in [1.807, 2.05) is 5.32 Å². The van der Waals surface area contributed by atoms with Gasteiger partial charge in [-0.1, -0.05) is 6.07 Å². The monoisotopic (exact) mass is 408 g/mol. The smallest absolute Gasteiger partial charge is 0.326 e. The largest absolute Gasteiger partial charge is 0.454 e. The van der Waals surface area contributed by atoms with Gasteiger partial charge in [0, 0.05) is 19.7 Å². The van der Waals surface area contributed by atoms with Gasteiger partial charge >= 0.3 is 12.0 Å². The molecule has 0 atom stereocenters. The molecule has 0 unspecified atom stereocenters. The quantitative estimate of drug-likeness (QED) is 0.183. The highest BCUT2D eigenvalue weighted by Gasteiger charge is 2.41. The van der Waals surface area contributed by atoms with E-state index in [1.54, 1.807) is 0 Å². The number of imide groups is 2. The van der Waals surface area contributed by atoms with E-state index in [4.69, 9.17) is 4.74 Å². The summed E-state index contributed by atoms with van der Waals surface area (Å²) in [6.07, 6.45) is 0. The van der Waals surface area contributed by atoms with Crippen LogP contribution < -0.4 is 10.6 Å². The first kappa shape index (κ1) is 21.4. The number of rotatable bonds is 8. The SMILES string of the molecule is COCCNC(=O)NC(=O)COC(=O)CN1C(=O)c2cccc([N+](=O)[O-])c2C1=O. The van der Waals surface area contributed by atoms with Crippen molar-refractivity contribution in [2.45, 2.75) is 0 Å². The van der Waals surface area contributed by atoms with Crippen LogP contribution in [0.3, 0.4) is 0 Å². The molecule has 0 saturated carbocycles. The molecule has 1 heterocycles. The molecule has 0 radical (unpaired) electrons. The minimum atomic E-state index is -1.11. The molecule has 0 bridgehead atoms. The Bertz CT molecular complexity index is 883. The second-order valence-electron chi connectivity index (χ2n) is 5.61. The summed E-state index contributed by atoms with van der Waals surface area (Å²) in [5.41, 5.74) is -1.18. The number of nitro benzene ring substituents is 1. The minimum absolute atomic E-state index is 0.154. The van der Waals surface area contributed by atoms with Crippen LogP contribution in [0.2, 0.25) is 0 Å². The number of carbonyl (C=O) groups is 5. The Morgan fingerprint density at radius 1 is 1.21 bits per heavy atom. The number of nitro groups is 1. The van der Waals surface area contributed by atoms with E-state index >= 15 is 0 Å². The van der Waals surface area contributed by atoms with E-state index in [-0.39, 0.29) is 18.7 Å². The number of nitrogens with one attached hydrogen (secondary N) is 2. The Balaban J connectivity index is 1.90. The molecule has 0 spiro atoms. The van der Waals surface area contributed by atoms with Crippen molar-refractivity contribution in [1.82, 2.24) is 15.5 Å². The number of ether oxygens (including phenoxy) is 2. The lowest BCUT2D eigenvalue weighted by Gasteiger charge is -2.13. The van der Waals surface area contributed by atoms with Gasteiger partial charge in [0.25, 0.3) is 23.4 Å². The fourth-order valence-corrected chi connectivity index (χ4v) is 2.41. The van der Waals surface area contributed by atoms with Crippen LogP contribution in [0, 0.1) is 10.1 Å². The molecule has 1 aromatic rings. The molecule has 5 amide bonds. The number of hydrogen-bond donors (Lipinski definition) is 2. The summed E-state index contributed by atoms with van der Waals surface area (Å²) >= 11 is 0. The van der Waals surface area contributed by atoms with Crippen molar-refractivity contribution in [2.24, 2.45) is 0 Å². The number of amides is 5. The van der Waals surface area contributed by atoms with Crippen molar-refractivity contribution in [2.75, 3.05) is 33.4 Å². The first-order chi connectivity index (χ1) is 13.8. The van der Waals surface area contributed by atoms with E-state index in [1.165, 1.54) is 19.2 Å². The van der Waals surface area contributed by atoms with E-state index in [2.05, 4.69) is 10.1 Å². The van der Waals surface area contributed by atoms with Gasteiger partial charge in [-0.25, -0.2) is 4.79 Å². The van der Waals surface area contributed by atoms with Crippen molar-refractivity contribution in [3.05, 3.63) is 39.4 Å². The molecule has 0 fully saturated rings. The zero-order valence-corrected chi connectivity index (χ0v) is 15.1. The minimum Gasteiger partial charge on any atom is -0.454 e. The van der Waals surface area contributed by atoms with Crippen molar-refractivity contribution in [1.29, 1.82) is 0 Å². The highest BCUT2D eigenvalue weighted by atomic mass is 16.6. The summed E-state index contributed by atoms with van der Waals surface area (Å²) in [5, 5.41) is 15.2. The van der Waals surface area contributed by atoms with Gasteiger partial charge in [-0.05, 0) is 6.07 Å². The van der Waals surface area contributed by atoms with Crippen molar-refractivity contribution in [3.8, 4) is 0 Å². The number of hydrogen-bond acceptors (Lipinski definition) is 9. The third kappa shape index (κ3) is 5.10. The van der Waals surface area contributed by atoms with Gasteiger partial charge in [0.1, 0.15) is 12.1 Å². The van der Waals surface area contributed by atoms with Gasteiger partial charge in [0.15, 0.2) is 6.61 Å². The average Bonchev–Trinajstić information content (AvgIpc) is 2.91. The second kappa shape index (κ2) is 9.36. The van der Waals surface area contributed by atoms with E-state index in [9.17, 15) is 34.1 Å². The number of urea groups is 1. The highest BCUT2D eigenvalue weighted by Crippen LogP contribution is 2.30. The molecule has 1 aromatic carbocycles. The Hall–Kier alpha value is -3.87. The number of esters is 1. The van der Waals surface area contributed by atoms with Crippen LogP contribution in [0.15, 0.2) is 18.2 Å². The average molecular weight is 408 g/mol. The van der Waals surface area contributed by atoms with Gasteiger partial charge in [0.05, 0.1) is 17.1 Å². The number of benzene rings is 1. The number of nitrogens with zero attached hydrogens (tertiary/aromatic N) is 2. The molecule has 13 nitrogen and oxygen atoms in total. The fraction of sp³-hybridized carbons (Fsp3) is 0.312. The lowest BCUT2D eigenvalue weighted by atomic mass is 10.1. The zero-order chi connectivity index (χ0) is 21.6. The molecule has 0 aliphatic carbocycles. The zero-order valence-electron chi connectivity index (χ0n) is 15.1. The molecule has 154 valence electrons. The standard InChI is InChI=1S/C16H16N4O9/c1-28-6-5-17-16(25)18-11(21)8-29-12(22)7-19-14(23)9-3-2-4-10(20(26)27)13(9)15(19)24/h2-4H,5-8H2,1H3,(H2,17,18,21,25). The molecular formula is C16H16N4O9. The first-order valence-corrected chi connectivity index (χ1v) is 8.12. The first-order valence-electron chi connectivity index (χ1n) is 8.12. The van der Waals surface area contributed by atoms with E-state index in [0.29, 0.717) is 4.90 Å². The van der Waals surface area contributed by atoms with Gasteiger partial charge < -0.3 is 14.8 Å². The summed E-state index contributed by atoms with van der Waals surface area (Å²) in [6, 6.07) is 2.71. The summed E-state index contributed by atoms with van der Waals surface area (Å²) in [5.74, 6) is -3.97. The third-order valence-electron chi connectivity index (χ3n) is 3.67. The normalized spacial score (nSPS) is 12.4. The lowest BCUT2D eigenvalue weighted by molar-refractivity contribution is -0.385. The van der Waals surface area contributed by atoms with Gasteiger partial charge in [-0.3, -0.25) is 39.5 Å².